The lowest BCUT2D eigenvalue weighted by molar-refractivity contribution is -0.284. The molecular weight excluding hydrogens is 643 g/mol. The highest BCUT2D eigenvalue weighted by atomic mass is 32.2. The smallest absolute Gasteiger partial charge is 0.410 e. The summed E-state index contributed by atoms with van der Waals surface area (Å²) < 4.78 is 89.5. The number of ketones is 1. The zero-order valence-electron chi connectivity index (χ0n) is 26.9. The minimum atomic E-state index is -5.63. The van der Waals surface area contributed by atoms with Crippen LogP contribution >= 0.6 is 0 Å². The maximum absolute atomic E-state index is 13.5. The highest BCUT2D eigenvalue weighted by molar-refractivity contribution is 7.84. The lowest BCUT2D eigenvalue weighted by atomic mass is 9.53. The van der Waals surface area contributed by atoms with E-state index in [0.717, 1.165) is 69.5 Å². The number of benzene rings is 1. The van der Waals surface area contributed by atoms with E-state index in [1.54, 1.807) is 4.90 Å². The summed E-state index contributed by atoms with van der Waals surface area (Å²) in [4.78, 5) is 30.3. The molecule has 1 amide bonds. The van der Waals surface area contributed by atoms with E-state index in [9.17, 15) is 35.8 Å². The number of ether oxygens (including phenoxy) is 2. The molecule has 0 aromatic heterocycles. The maximum Gasteiger partial charge on any atom is 0.453 e. The van der Waals surface area contributed by atoms with Crippen LogP contribution in [0.25, 0.3) is 0 Å². The molecule has 2 aliphatic heterocycles. The number of hydrogen-bond donors (Lipinski definition) is 0. The molecule has 0 radical (unpaired) electrons. The van der Waals surface area contributed by atoms with Crippen LogP contribution in [0.15, 0.2) is 18.2 Å². The van der Waals surface area contributed by atoms with Crippen molar-refractivity contribution < 1.29 is 45.2 Å². The fraction of sp³-hybridized carbons (Fsp3) is 0.765. The molecule has 1 unspecified atom stereocenters. The van der Waals surface area contributed by atoms with Gasteiger partial charge in [-0.15, -0.1) is 0 Å². The molecular formula is C34H45F5N2O5S. The number of amides is 1. The van der Waals surface area contributed by atoms with Gasteiger partial charge in [-0.3, -0.25) is 13.9 Å². The Morgan fingerprint density at radius 2 is 1.79 bits per heavy atom. The summed E-state index contributed by atoms with van der Waals surface area (Å²) in [6.07, 6.45) is -2.90. The Bertz CT molecular complexity index is 1350. The van der Waals surface area contributed by atoms with Gasteiger partial charge in [0.05, 0.1) is 13.2 Å². The van der Waals surface area contributed by atoms with Gasteiger partial charge in [-0.1, -0.05) is 13.0 Å². The van der Waals surface area contributed by atoms with Crippen LogP contribution in [0.2, 0.25) is 0 Å². The molecule has 2 saturated carbocycles. The summed E-state index contributed by atoms with van der Waals surface area (Å²) in [7, 11) is -1.61. The maximum atomic E-state index is 13.5. The van der Waals surface area contributed by atoms with Gasteiger partial charge >= 0.3 is 18.2 Å². The topological polar surface area (TPSA) is 76.2 Å². The first-order chi connectivity index (χ1) is 22.3. The molecule has 2 saturated heterocycles. The average molecular weight is 689 g/mol. The molecule has 262 valence electrons. The summed E-state index contributed by atoms with van der Waals surface area (Å²) in [5, 5.41) is 0. The van der Waals surface area contributed by atoms with Crippen LogP contribution in [0.3, 0.4) is 0 Å². The Hall–Kier alpha value is -2.12. The van der Waals surface area contributed by atoms with E-state index < -0.39 is 47.2 Å². The van der Waals surface area contributed by atoms with Crippen molar-refractivity contribution in [3.63, 3.8) is 0 Å². The van der Waals surface area contributed by atoms with E-state index in [2.05, 4.69) is 4.90 Å². The quantitative estimate of drug-likeness (QED) is 0.296. The summed E-state index contributed by atoms with van der Waals surface area (Å²) in [6, 6.07) is 6.13. The molecule has 0 bridgehead atoms. The van der Waals surface area contributed by atoms with Crippen LogP contribution < -0.4 is 4.74 Å². The number of fused-ring (bicyclic) bond motifs is 5. The third-order valence-electron chi connectivity index (χ3n) is 11.7. The summed E-state index contributed by atoms with van der Waals surface area (Å²) in [5.41, 5.74) is 1.65. The van der Waals surface area contributed by atoms with Crippen LogP contribution in [0.4, 0.5) is 26.7 Å². The third kappa shape index (κ3) is 7.13. The first-order valence-electron chi connectivity index (χ1n) is 17.0. The molecule has 47 heavy (non-hydrogen) atoms. The number of likely N-dealkylation sites (tertiary alicyclic amines) is 1. The van der Waals surface area contributed by atoms with Gasteiger partial charge in [0.1, 0.15) is 11.5 Å². The Labute approximate surface area is 275 Å². The molecule has 0 spiro atoms. The van der Waals surface area contributed by atoms with Crippen molar-refractivity contribution in [1.29, 1.82) is 0 Å². The number of hydrogen-bond acceptors (Lipinski definition) is 6. The third-order valence-corrected chi connectivity index (χ3v) is 13.3. The molecule has 6 atom stereocenters. The summed E-state index contributed by atoms with van der Waals surface area (Å²) in [6.45, 7) is 6.53. The molecule has 2 heterocycles. The van der Waals surface area contributed by atoms with Gasteiger partial charge in [-0.25, -0.2) is 4.79 Å². The van der Waals surface area contributed by atoms with E-state index in [-0.39, 0.29) is 41.0 Å². The molecule has 3 aliphatic carbocycles. The predicted octanol–water partition coefficient (Wildman–Crippen LogP) is 6.36. The highest BCUT2D eigenvalue weighted by Gasteiger charge is 2.58. The molecule has 1 aromatic rings. The van der Waals surface area contributed by atoms with Crippen molar-refractivity contribution in [1.82, 2.24) is 9.80 Å². The zero-order valence-corrected chi connectivity index (χ0v) is 27.7. The summed E-state index contributed by atoms with van der Waals surface area (Å²) >= 11 is 0. The lowest BCUT2D eigenvalue weighted by Crippen LogP contribution is -2.50. The van der Waals surface area contributed by atoms with Gasteiger partial charge in [0.2, 0.25) is 0 Å². The van der Waals surface area contributed by atoms with Crippen LogP contribution in [-0.2, 0) is 26.8 Å². The fourth-order valence-corrected chi connectivity index (χ4v) is 10.7. The van der Waals surface area contributed by atoms with Crippen LogP contribution in [0.1, 0.15) is 75.3 Å². The number of morpholine rings is 1. The second kappa shape index (κ2) is 13.7. The summed E-state index contributed by atoms with van der Waals surface area (Å²) in [5.74, 6) is -4.11. The van der Waals surface area contributed by atoms with Gasteiger partial charge in [0, 0.05) is 72.8 Å². The normalized spacial score (nSPS) is 31.2. The zero-order chi connectivity index (χ0) is 33.6. The van der Waals surface area contributed by atoms with E-state index in [1.165, 1.54) is 0 Å². The highest BCUT2D eigenvalue weighted by Crippen LogP contribution is 2.61. The van der Waals surface area contributed by atoms with Crippen molar-refractivity contribution in [3.8, 4) is 5.75 Å². The molecule has 6 rings (SSSR count). The van der Waals surface area contributed by atoms with Crippen molar-refractivity contribution >= 4 is 22.7 Å². The standard InChI is InChI=1S/C34H45F5N2O5S/c1-32-11-7-27-26-4-3-25(46-31(43)41-12-8-24(9-13-41)40-14-16-45-17-15-40)20-22(26)19-23(30(27)28(32)5-6-29(32)42)21-47(44)18-2-10-33(35,36)34(37,38)39/h3-4,20,23-24,27-28,30H,2,5-19,21H2,1H3/t23-,27+,28-,30+,32-,47?/m0/s1. The number of rotatable bonds is 8. The minimum absolute atomic E-state index is 0.0504. The van der Waals surface area contributed by atoms with Gasteiger partial charge < -0.3 is 14.4 Å². The SMILES string of the molecule is C[C@]12CC[C@@H]3c4ccc(OC(=O)N5CCC(N6CCOCC6)CC5)cc4C[C@@H](CS(=O)CCCC(F)(F)C(F)(F)F)[C@H]3[C@@H]1CCC2=O. The minimum Gasteiger partial charge on any atom is -0.410 e. The largest absolute Gasteiger partial charge is 0.453 e. The van der Waals surface area contributed by atoms with E-state index in [4.69, 9.17) is 9.47 Å². The van der Waals surface area contributed by atoms with Gasteiger partial charge in [-0.05, 0) is 91.9 Å². The van der Waals surface area contributed by atoms with Crippen LogP contribution in [-0.4, -0.2) is 94.9 Å². The molecule has 13 heteroatoms. The van der Waals surface area contributed by atoms with Gasteiger partial charge in [0.15, 0.2) is 0 Å². The van der Waals surface area contributed by atoms with Crippen LogP contribution in [0.5, 0.6) is 5.75 Å². The van der Waals surface area contributed by atoms with E-state index in [1.807, 2.05) is 25.1 Å². The average Bonchev–Trinajstić information content (AvgIpc) is 3.34. The number of piperidine rings is 1. The number of nitrogens with zero attached hydrogens (tertiary/aromatic N) is 2. The number of halogens is 5. The Balaban J connectivity index is 1.14. The van der Waals surface area contributed by atoms with Crippen molar-refractivity contribution in [2.45, 2.75) is 88.8 Å². The monoisotopic (exact) mass is 688 g/mol. The predicted molar refractivity (Wildman–Crippen MR) is 166 cm³/mol. The van der Waals surface area contributed by atoms with E-state index >= 15 is 0 Å². The molecule has 1 aromatic carbocycles. The van der Waals surface area contributed by atoms with Crippen LogP contribution in [0, 0.1) is 23.2 Å². The van der Waals surface area contributed by atoms with Gasteiger partial charge in [0.25, 0.3) is 0 Å². The molecule has 5 aliphatic rings. The number of alkyl halides is 5. The van der Waals surface area contributed by atoms with Crippen molar-refractivity contribution in [2.75, 3.05) is 50.9 Å². The number of Topliss-reactive ketones (excluding diaryl/α,β-unsaturated/α-hetero) is 1. The van der Waals surface area contributed by atoms with Gasteiger partial charge in [-0.2, -0.15) is 22.0 Å². The Kier molecular flexibility index (Phi) is 10.1. The number of carbonyl (C=O) groups excluding carboxylic acids is 2. The first kappa shape index (κ1) is 34.7. The fourth-order valence-electron chi connectivity index (χ4n) is 9.20. The van der Waals surface area contributed by atoms with Crippen molar-refractivity contribution in [3.05, 3.63) is 29.3 Å². The van der Waals surface area contributed by atoms with E-state index in [0.29, 0.717) is 37.7 Å². The Morgan fingerprint density at radius 3 is 2.49 bits per heavy atom. The second-order valence-corrected chi connectivity index (χ2v) is 16.0. The van der Waals surface area contributed by atoms with Crippen molar-refractivity contribution in [2.24, 2.45) is 23.2 Å². The Morgan fingerprint density at radius 1 is 1.06 bits per heavy atom. The molecule has 4 fully saturated rings. The molecule has 0 N–H and O–H groups in total. The second-order valence-electron chi connectivity index (χ2n) is 14.4. The molecule has 7 nitrogen and oxygen atoms in total. The first-order valence-corrected chi connectivity index (χ1v) is 18.5. The lowest BCUT2D eigenvalue weighted by Gasteiger charge is -2.51. The number of carbonyl (C=O) groups is 2.